The molecule has 4 atom stereocenters. The van der Waals surface area contributed by atoms with Gasteiger partial charge in [0.05, 0.1) is 25.2 Å². The number of fused-ring (bicyclic) bond motifs is 1. The van der Waals surface area contributed by atoms with Crippen LogP contribution in [0.5, 0.6) is 0 Å². The van der Waals surface area contributed by atoms with Crippen molar-refractivity contribution >= 4 is 25.9 Å². The summed E-state index contributed by atoms with van der Waals surface area (Å²) in [5, 5.41) is 10.3. The number of hydrogen-bond donors (Lipinski definition) is 1. The van der Waals surface area contributed by atoms with Crippen LogP contribution in [-0.4, -0.2) is 50.3 Å². The van der Waals surface area contributed by atoms with E-state index in [-0.39, 0.29) is 29.4 Å². The number of ketones is 2. The van der Waals surface area contributed by atoms with Crippen LogP contribution in [-0.2, 0) is 23.5 Å². The van der Waals surface area contributed by atoms with Gasteiger partial charge in [-0.15, -0.1) is 0 Å². The molecule has 0 aromatic carbocycles. The molecule has 2 rings (SSSR count). The highest BCUT2D eigenvalue weighted by atomic mass is 28.4. The Morgan fingerprint density at radius 1 is 1.20 bits per heavy atom. The van der Waals surface area contributed by atoms with Crippen molar-refractivity contribution in [1.29, 1.82) is 0 Å². The van der Waals surface area contributed by atoms with Crippen LogP contribution in [0.1, 0.15) is 46.5 Å². The number of methoxy groups -OCH3 is 1. The lowest BCUT2D eigenvalue weighted by Gasteiger charge is -2.52. The Hall–Kier alpha value is -1.05. The molecule has 0 aromatic heterocycles. The van der Waals surface area contributed by atoms with Crippen molar-refractivity contribution in [1.82, 2.24) is 0 Å². The Morgan fingerprint density at radius 3 is 2.32 bits per heavy atom. The van der Waals surface area contributed by atoms with Crippen LogP contribution in [0.15, 0.2) is 0 Å². The Morgan fingerprint density at radius 2 is 1.80 bits per heavy atom. The summed E-state index contributed by atoms with van der Waals surface area (Å²) in [7, 11) is -1.09. The van der Waals surface area contributed by atoms with E-state index < -0.39 is 37.8 Å². The number of esters is 1. The molecule has 6 nitrogen and oxygen atoms in total. The molecule has 0 aliphatic heterocycles. The zero-order chi connectivity index (χ0) is 19.2. The fraction of sp³-hybridized carbons (Fsp3) is 0.833. The number of carbonyl (C=O) groups is 3. The molecular formula is C18H30O6Si. The third-order valence-electron chi connectivity index (χ3n) is 6.28. The van der Waals surface area contributed by atoms with Crippen molar-refractivity contribution < 1.29 is 28.7 Å². The van der Waals surface area contributed by atoms with Gasteiger partial charge in [0, 0.05) is 12.8 Å². The van der Waals surface area contributed by atoms with Crippen LogP contribution in [0.25, 0.3) is 0 Å². The molecule has 0 radical (unpaired) electrons. The topological polar surface area (TPSA) is 89.9 Å². The Labute approximate surface area is 150 Å². The van der Waals surface area contributed by atoms with E-state index in [1.165, 1.54) is 7.11 Å². The van der Waals surface area contributed by atoms with Crippen molar-refractivity contribution in [3.63, 3.8) is 0 Å². The van der Waals surface area contributed by atoms with Gasteiger partial charge in [-0.2, -0.15) is 0 Å². The Bertz CT molecular complexity index is 569. The van der Waals surface area contributed by atoms with Gasteiger partial charge < -0.3 is 14.3 Å². The van der Waals surface area contributed by atoms with Crippen LogP contribution in [0.3, 0.4) is 0 Å². The third-order valence-corrected chi connectivity index (χ3v) is 10.8. The van der Waals surface area contributed by atoms with Crippen LogP contribution in [0.4, 0.5) is 0 Å². The van der Waals surface area contributed by atoms with Crippen molar-refractivity contribution in [2.24, 2.45) is 11.3 Å². The average Bonchev–Trinajstić information content (AvgIpc) is 2.50. The third kappa shape index (κ3) is 3.10. The van der Waals surface area contributed by atoms with Gasteiger partial charge >= 0.3 is 5.97 Å². The van der Waals surface area contributed by atoms with Gasteiger partial charge in [-0.05, 0) is 31.0 Å². The molecular weight excluding hydrogens is 340 g/mol. The highest BCUT2D eigenvalue weighted by Crippen LogP contribution is 2.51. The van der Waals surface area contributed by atoms with Gasteiger partial charge in [-0.25, -0.2) is 0 Å². The predicted octanol–water partition coefficient (Wildman–Crippen LogP) is 2.24. The first-order chi connectivity index (χ1) is 11.4. The number of aliphatic hydroxyl groups is 1. The van der Waals surface area contributed by atoms with Gasteiger partial charge in [0.15, 0.2) is 19.5 Å². The summed E-state index contributed by atoms with van der Waals surface area (Å²) >= 11 is 0. The molecule has 2 aliphatic carbocycles. The van der Waals surface area contributed by atoms with Gasteiger partial charge in [0.25, 0.3) is 0 Å². The van der Waals surface area contributed by atoms with Crippen molar-refractivity contribution in [2.75, 3.05) is 7.11 Å². The SMILES string of the molecule is COC(=O)[C@@]12C(=O)CCC(=O)[C@@H]1[C@H](O)CC[C@H]2O[Si](C)(C)C(C)(C)C. The summed E-state index contributed by atoms with van der Waals surface area (Å²) in [5.74, 6) is -2.41. The number of Topliss-reactive ketones (excluding diaryl/α,β-unsaturated/α-hetero) is 2. The van der Waals surface area contributed by atoms with E-state index in [1.807, 2.05) is 13.1 Å². The molecule has 2 saturated carbocycles. The van der Waals surface area contributed by atoms with Crippen LogP contribution in [0.2, 0.25) is 18.1 Å². The first-order valence-corrected chi connectivity index (χ1v) is 11.8. The number of ether oxygens (including phenoxy) is 1. The normalized spacial score (nSPS) is 33.8. The standard InChI is InChI=1S/C18H30O6Si/c1-17(2,3)25(5,6)24-14-10-8-12(20)15-11(19)7-9-13(21)18(14,15)16(22)23-4/h12,14-15,20H,7-10H2,1-6H3/t12-,14-,15-,18-/m1/s1. The first kappa shape index (κ1) is 20.3. The summed E-state index contributed by atoms with van der Waals surface area (Å²) in [6.45, 7) is 10.3. The van der Waals surface area contributed by atoms with Crippen LogP contribution < -0.4 is 0 Å². The van der Waals surface area contributed by atoms with E-state index in [4.69, 9.17) is 9.16 Å². The monoisotopic (exact) mass is 370 g/mol. The quantitative estimate of drug-likeness (QED) is 0.465. The smallest absolute Gasteiger partial charge is 0.322 e. The molecule has 0 spiro atoms. The summed E-state index contributed by atoms with van der Waals surface area (Å²) < 4.78 is 11.4. The van der Waals surface area contributed by atoms with Gasteiger partial charge in [0.2, 0.25) is 0 Å². The average molecular weight is 371 g/mol. The molecule has 1 N–H and O–H groups in total. The zero-order valence-electron chi connectivity index (χ0n) is 16.0. The Kier molecular flexibility index (Phi) is 5.34. The molecule has 0 aromatic rings. The Balaban J connectivity index is 2.56. The maximum absolute atomic E-state index is 13.0. The van der Waals surface area contributed by atoms with E-state index in [2.05, 4.69) is 20.8 Å². The summed E-state index contributed by atoms with van der Waals surface area (Å²) in [6.07, 6.45) is -0.998. The second kappa shape index (κ2) is 6.59. The first-order valence-electron chi connectivity index (χ1n) is 8.90. The summed E-state index contributed by atoms with van der Waals surface area (Å²) in [6, 6.07) is 0. The highest BCUT2D eigenvalue weighted by molar-refractivity contribution is 6.74. The minimum Gasteiger partial charge on any atom is -0.468 e. The van der Waals surface area contributed by atoms with Gasteiger partial charge in [0.1, 0.15) is 5.78 Å². The largest absolute Gasteiger partial charge is 0.468 e. The number of hydrogen-bond acceptors (Lipinski definition) is 6. The van der Waals surface area contributed by atoms with E-state index in [0.29, 0.717) is 12.8 Å². The van der Waals surface area contributed by atoms with Crippen LogP contribution in [0, 0.1) is 11.3 Å². The molecule has 0 amide bonds. The second-order valence-corrected chi connectivity index (χ2v) is 13.5. The van der Waals surface area contributed by atoms with Gasteiger partial charge in [-0.1, -0.05) is 20.8 Å². The molecule has 142 valence electrons. The number of carbonyl (C=O) groups excluding carboxylic acids is 3. The maximum atomic E-state index is 13.0. The molecule has 0 bridgehead atoms. The van der Waals surface area contributed by atoms with Crippen LogP contribution >= 0.6 is 0 Å². The zero-order valence-corrected chi connectivity index (χ0v) is 17.0. The summed E-state index contributed by atoms with van der Waals surface area (Å²) in [5.41, 5.74) is -1.71. The molecule has 0 unspecified atom stereocenters. The highest BCUT2D eigenvalue weighted by Gasteiger charge is 2.67. The number of rotatable bonds is 3. The molecule has 0 heterocycles. The molecule has 25 heavy (non-hydrogen) atoms. The lowest BCUT2D eigenvalue weighted by Crippen LogP contribution is -2.67. The lowest BCUT2D eigenvalue weighted by molar-refractivity contribution is -0.189. The second-order valence-electron chi connectivity index (χ2n) is 8.74. The molecule has 2 fully saturated rings. The van der Waals surface area contributed by atoms with E-state index in [0.717, 1.165) is 0 Å². The lowest BCUT2D eigenvalue weighted by atomic mass is 9.55. The van der Waals surface area contributed by atoms with E-state index in [9.17, 15) is 19.5 Å². The molecule has 0 saturated heterocycles. The van der Waals surface area contributed by atoms with Crippen molar-refractivity contribution in [2.45, 2.75) is 76.8 Å². The summed E-state index contributed by atoms with van der Waals surface area (Å²) in [4.78, 5) is 38.3. The maximum Gasteiger partial charge on any atom is 0.322 e. The molecule has 7 heteroatoms. The van der Waals surface area contributed by atoms with Gasteiger partial charge in [-0.3, -0.25) is 14.4 Å². The number of aliphatic hydroxyl groups excluding tert-OH is 1. The minimum atomic E-state index is -2.30. The fourth-order valence-electron chi connectivity index (χ4n) is 3.87. The predicted molar refractivity (Wildman–Crippen MR) is 94.5 cm³/mol. The molecule has 2 aliphatic rings. The van der Waals surface area contributed by atoms with Crippen molar-refractivity contribution in [3.05, 3.63) is 0 Å². The minimum absolute atomic E-state index is 0.00544. The van der Waals surface area contributed by atoms with Crippen molar-refractivity contribution in [3.8, 4) is 0 Å². The fourth-order valence-corrected chi connectivity index (χ4v) is 5.23. The van der Waals surface area contributed by atoms with E-state index in [1.54, 1.807) is 0 Å². The van der Waals surface area contributed by atoms with E-state index >= 15 is 0 Å².